The van der Waals surface area contributed by atoms with Crippen molar-refractivity contribution in [3.63, 3.8) is 0 Å². The number of carbonyl (C=O) groups is 1. The van der Waals surface area contributed by atoms with Crippen molar-refractivity contribution >= 4 is 21.7 Å². The van der Waals surface area contributed by atoms with Gasteiger partial charge in [0, 0.05) is 12.1 Å². The van der Waals surface area contributed by atoms with E-state index < -0.39 is 26.8 Å². The number of halogens is 3. The van der Waals surface area contributed by atoms with Crippen molar-refractivity contribution in [1.82, 2.24) is 0 Å². The van der Waals surface area contributed by atoms with E-state index in [4.69, 9.17) is 4.18 Å². The number of anilines is 1. The first-order valence-corrected chi connectivity index (χ1v) is 8.61. The fraction of sp³-hybridized carbons (Fsp3) is 0.188. The Morgan fingerprint density at radius 1 is 1.04 bits per heavy atom. The van der Waals surface area contributed by atoms with Gasteiger partial charge in [-0.15, -0.1) is 0 Å². The second kappa shape index (κ2) is 6.07. The van der Waals surface area contributed by atoms with Crippen molar-refractivity contribution in [1.29, 1.82) is 0 Å². The summed E-state index contributed by atoms with van der Waals surface area (Å²) in [6, 6.07) is 7.93. The highest BCUT2D eigenvalue weighted by Gasteiger charge is 2.37. The number of hydrogen-bond donors (Lipinski definition) is 1. The van der Waals surface area contributed by atoms with Crippen LogP contribution in [0.15, 0.2) is 47.4 Å². The number of hydrogen-bond acceptors (Lipinski definition) is 4. The van der Waals surface area contributed by atoms with E-state index in [1.165, 1.54) is 24.3 Å². The quantitative estimate of drug-likeness (QED) is 0.840. The number of benzene rings is 2. The molecular weight excluding hydrogens is 359 g/mol. The third-order valence-electron chi connectivity index (χ3n) is 3.64. The van der Waals surface area contributed by atoms with Gasteiger partial charge in [-0.1, -0.05) is 12.1 Å². The van der Waals surface area contributed by atoms with Crippen LogP contribution >= 0.6 is 0 Å². The molecule has 0 aromatic heterocycles. The molecule has 5 nitrogen and oxygen atoms in total. The van der Waals surface area contributed by atoms with E-state index in [9.17, 15) is 26.4 Å². The number of carbonyl (C=O) groups excluding carboxylic acids is 1. The van der Waals surface area contributed by atoms with E-state index >= 15 is 0 Å². The van der Waals surface area contributed by atoms with Crippen molar-refractivity contribution in [2.24, 2.45) is 0 Å². The number of alkyl halides is 3. The first-order chi connectivity index (χ1) is 11.7. The molecule has 1 amide bonds. The van der Waals surface area contributed by atoms with Crippen LogP contribution < -0.4 is 9.50 Å². The predicted octanol–water partition coefficient (Wildman–Crippen LogP) is 3.36. The van der Waals surface area contributed by atoms with Gasteiger partial charge in [-0.05, 0) is 42.3 Å². The Labute approximate surface area is 141 Å². The van der Waals surface area contributed by atoms with Crippen LogP contribution in [0.4, 0.5) is 18.9 Å². The van der Waals surface area contributed by atoms with Gasteiger partial charge >= 0.3 is 16.3 Å². The summed E-state index contributed by atoms with van der Waals surface area (Å²) >= 11 is 0. The monoisotopic (exact) mass is 371 g/mol. The molecule has 1 aliphatic heterocycles. The van der Waals surface area contributed by atoms with E-state index in [1.54, 1.807) is 0 Å². The summed E-state index contributed by atoms with van der Waals surface area (Å²) in [5, 5.41) is 2.62. The highest BCUT2D eigenvalue weighted by Crippen LogP contribution is 2.35. The molecule has 0 spiro atoms. The van der Waals surface area contributed by atoms with E-state index in [2.05, 4.69) is 5.32 Å². The molecule has 0 atom stereocenters. The van der Waals surface area contributed by atoms with E-state index in [1.807, 2.05) is 0 Å². The van der Waals surface area contributed by atoms with Crippen molar-refractivity contribution < 1.29 is 30.6 Å². The van der Waals surface area contributed by atoms with Crippen molar-refractivity contribution in [2.45, 2.75) is 23.9 Å². The van der Waals surface area contributed by atoms with Gasteiger partial charge in [-0.3, -0.25) is 4.79 Å². The Bertz CT molecular complexity index is 939. The van der Waals surface area contributed by atoms with Crippen LogP contribution in [0.1, 0.15) is 17.5 Å². The largest absolute Gasteiger partial charge is 0.417 e. The van der Waals surface area contributed by atoms with Crippen LogP contribution in [0, 0.1) is 0 Å². The molecule has 0 saturated heterocycles. The van der Waals surface area contributed by atoms with Gasteiger partial charge in [0.25, 0.3) is 0 Å². The summed E-state index contributed by atoms with van der Waals surface area (Å²) < 4.78 is 68.5. The van der Waals surface area contributed by atoms with Crippen molar-refractivity contribution in [2.75, 3.05) is 5.32 Å². The average Bonchev–Trinajstić information content (AvgIpc) is 2.54. The van der Waals surface area contributed by atoms with Crippen LogP contribution in [-0.2, 0) is 27.5 Å². The lowest BCUT2D eigenvalue weighted by Gasteiger charge is -2.18. The Hall–Kier alpha value is -2.55. The second-order valence-corrected chi connectivity index (χ2v) is 6.91. The van der Waals surface area contributed by atoms with Gasteiger partial charge in [0.15, 0.2) is 0 Å². The molecule has 2 aromatic rings. The lowest BCUT2D eigenvalue weighted by molar-refractivity contribution is -0.140. The van der Waals surface area contributed by atoms with Crippen LogP contribution in [0.2, 0.25) is 0 Å². The summed E-state index contributed by atoms with van der Waals surface area (Å²) in [5.41, 5.74) is -0.117. The number of aryl methyl sites for hydroxylation is 1. The Balaban J connectivity index is 1.95. The van der Waals surface area contributed by atoms with Crippen LogP contribution in [0.25, 0.3) is 0 Å². The highest BCUT2D eigenvalue weighted by atomic mass is 32.2. The molecule has 2 aromatic carbocycles. The number of rotatable bonds is 3. The molecule has 25 heavy (non-hydrogen) atoms. The van der Waals surface area contributed by atoms with Crippen LogP contribution in [-0.4, -0.2) is 14.3 Å². The molecule has 1 aliphatic rings. The van der Waals surface area contributed by atoms with Crippen LogP contribution in [0.3, 0.4) is 0 Å². The standard InChI is InChI=1S/C16H12F3NO4S/c17-16(18,19)12-3-1-2-4-14(12)25(22,23)24-11-6-7-13-10(9-11)5-8-15(21)20-13/h1-4,6-7,9H,5,8H2,(H,20,21). The summed E-state index contributed by atoms with van der Waals surface area (Å²) in [6.45, 7) is 0. The third-order valence-corrected chi connectivity index (χ3v) is 4.95. The normalized spacial score (nSPS) is 14.6. The molecule has 3 rings (SSSR count). The molecule has 9 heteroatoms. The summed E-state index contributed by atoms with van der Waals surface area (Å²) in [6.07, 6.45) is -4.20. The van der Waals surface area contributed by atoms with Crippen molar-refractivity contribution in [3.8, 4) is 5.75 Å². The summed E-state index contributed by atoms with van der Waals surface area (Å²) in [7, 11) is -4.67. The van der Waals surface area contributed by atoms with Crippen molar-refractivity contribution in [3.05, 3.63) is 53.6 Å². The van der Waals surface area contributed by atoms with Gasteiger partial charge < -0.3 is 9.50 Å². The molecular formula is C16H12F3NO4S. The Morgan fingerprint density at radius 3 is 2.48 bits per heavy atom. The summed E-state index contributed by atoms with van der Waals surface area (Å²) in [5.74, 6) is -0.278. The molecule has 0 aliphatic carbocycles. The zero-order valence-corrected chi connectivity index (χ0v) is 13.4. The predicted molar refractivity (Wildman–Crippen MR) is 82.7 cm³/mol. The topological polar surface area (TPSA) is 72.5 Å². The average molecular weight is 371 g/mol. The van der Waals surface area contributed by atoms with E-state index in [-0.39, 0.29) is 18.1 Å². The van der Waals surface area contributed by atoms with E-state index in [0.717, 1.165) is 12.1 Å². The molecule has 1 N–H and O–H groups in total. The maximum atomic E-state index is 13.0. The molecule has 0 radical (unpaired) electrons. The summed E-state index contributed by atoms with van der Waals surface area (Å²) in [4.78, 5) is 10.4. The molecule has 1 heterocycles. The Kier molecular flexibility index (Phi) is 4.19. The van der Waals surface area contributed by atoms with Crippen LogP contribution in [0.5, 0.6) is 5.75 Å². The molecule has 0 saturated carbocycles. The lowest BCUT2D eigenvalue weighted by atomic mass is 10.0. The minimum Gasteiger partial charge on any atom is -0.379 e. The smallest absolute Gasteiger partial charge is 0.379 e. The van der Waals surface area contributed by atoms with Gasteiger partial charge in [-0.25, -0.2) is 0 Å². The fourth-order valence-corrected chi connectivity index (χ4v) is 3.65. The van der Waals surface area contributed by atoms with Gasteiger partial charge in [0.05, 0.1) is 5.56 Å². The maximum absolute atomic E-state index is 13.0. The fourth-order valence-electron chi connectivity index (χ4n) is 2.50. The number of fused-ring (bicyclic) bond motifs is 1. The van der Waals surface area contributed by atoms with Gasteiger partial charge in [0.1, 0.15) is 10.6 Å². The Morgan fingerprint density at radius 2 is 1.76 bits per heavy atom. The molecule has 0 unspecified atom stereocenters. The highest BCUT2D eigenvalue weighted by molar-refractivity contribution is 7.87. The van der Waals surface area contributed by atoms with E-state index in [0.29, 0.717) is 23.7 Å². The first-order valence-electron chi connectivity index (χ1n) is 7.20. The zero-order chi connectivity index (χ0) is 18.2. The minimum atomic E-state index is -4.83. The SMILES string of the molecule is O=C1CCc2cc(OS(=O)(=O)c3ccccc3C(F)(F)F)ccc2N1. The van der Waals surface area contributed by atoms with Gasteiger partial charge in [-0.2, -0.15) is 21.6 Å². The third kappa shape index (κ3) is 3.60. The molecule has 0 bridgehead atoms. The minimum absolute atomic E-state index is 0.119. The van der Waals surface area contributed by atoms with Gasteiger partial charge in [0.2, 0.25) is 5.91 Å². The second-order valence-electron chi connectivity index (χ2n) is 5.40. The number of amides is 1. The lowest BCUT2D eigenvalue weighted by Crippen LogP contribution is -2.19. The maximum Gasteiger partial charge on any atom is 0.417 e. The first kappa shape index (κ1) is 17.3. The molecule has 132 valence electrons. The number of nitrogens with one attached hydrogen (secondary N) is 1. The molecule has 0 fully saturated rings. The zero-order valence-electron chi connectivity index (χ0n) is 12.6.